The van der Waals surface area contributed by atoms with Crippen molar-refractivity contribution < 1.29 is 0 Å². The topological polar surface area (TPSA) is 41.9 Å². The number of rotatable bonds is 7. The highest BCUT2D eigenvalue weighted by atomic mass is 15.1. The number of nitrogens with zero attached hydrogens (tertiary/aromatic N) is 4. The summed E-state index contributed by atoms with van der Waals surface area (Å²) in [6.07, 6.45) is 0. The lowest BCUT2D eigenvalue weighted by Gasteiger charge is -2.28. The van der Waals surface area contributed by atoms with Crippen molar-refractivity contribution in [2.24, 2.45) is 0 Å². The van der Waals surface area contributed by atoms with Crippen LogP contribution in [0.4, 0.5) is 17.1 Å². The molecule has 4 nitrogen and oxygen atoms in total. The van der Waals surface area contributed by atoms with Crippen LogP contribution < -0.4 is 4.90 Å². The molecule has 10 rings (SSSR count). The summed E-state index contributed by atoms with van der Waals surface area (Å²) in [7, 11) is 0. The van der Waals surface area contributed by atoms with Gasteiger partial charge in [0.15, 0.2) is 5.82 Å². The molecule has 258 valence electrons. The van der Waals surface area contributed by atoms with Crippen LogP contribution in [-0.4, -0.2) is 15.0 Å². The standard InChI is InChI=1S/C51H34N4/c1-6-19-35(20-7-1)44-34-45(53-51(52-44)37-23-10-3-11-24-37)42-31-18-32-43-47-41-30-17-16-25-38(41)33-46(48(47)49(54-50(42)43)36-21-8-2-9-22-36)55(39-26-12-4-13-27-39)40-28-14-5-15-29-40/h1-34H. The highest BCUT2D eigenvalue weighted by Crippen LogP contribution is 2.48. The first-order valence-corrected chi connectivity index (χ1v) is 18.5. The molecule has 55 heavy (non-hydrogen) atoms. The van der Waals surface area contributed by atoms with Crippen molar-refractivity contribution in [1.82, 2.24) is 15.0 Å². The monoisotopic (exact) mass is 702 g/mol. The molecule has 4 heteroatoms. The number of aromatic nitrogens is 3. The van der Waals surface area contributed by atoms with Crippen LogP contribution in [0.5, 0.6) is 0 Å². The van der Waals surface area contributed by atoms with E-state index in [1.807, 2.05) is 36.4 Å². The Morgan fingerprint density at radius 1 is 0.364 bits per heavy atom. The van der Waals surface area contributed by atoms with Crippen molar-refractivity contribution >= 4 is 49.5 Å². The minimum atomic E-state index is 0.673. The van der Waals surface area contributed by atoms with Crippen LogP contribution in [0.2, 0.25) is 0 Å². The molecule has 0 radical (unpaired) electrons. The Hall–Kier alpha value is -7.43. The van der Waals surface area contributed by atoms with Crippen molar-refractivity contribution in [3.8, 4) is 45.2 Å². The van der Waals surface area contributed by atoms with E-state index >= 15 is 0 Å². The van der Waals surface area contributed by atoms with Crippen molar-refractivity contribution in [2.45, 2.75) is 0 Å². The second-order valence-electron chi connectivity index (χ2n) is 13.6. The van der Waals surface area contributed by atoms with Gasteiger partial charge in [-0.1, -0.05) is 170 Å². The predicted molar refractivity (Wildman–Crippen MR) is 229 cm³/mol. The number of hydrogen-bond acceptors (Lipinski definition) is 4. The lowest BCUT2D eigenvalue weighted by atomic mass is 9.91. The van der Waals surface area contributed by atoms with Crippen LogP contribution in [0.1, 0.15) is 0 Å². The summed E-state index contributed by atoms with van der Waals surface area (Å²) in [5.74, 6) is 0.673. The lowest BCUT2D eigenvalue weighted by molar-refractivity contribution is 1.18. The fourth-order valence-corrected chi connectivity index (χ4v) is 7.71. The zero-order valence-corrected chi connectivity index (χ0v) is 29.9. The van der Waals surface area contributed by atoms with Crippen LogP contribution in [0.3, 0.4) is 0 Å². The third-order valence-electron chi connectivity index (χ3n) is 10.2. The van der Waals surface area contributed by atoms with E-state index in [0.29, 0.717) is 5.82 Å². The van der Waals surface area contributed by atoms with E-state index in [2.05, 4.69) is 175 Å². The summed E-state index contributed by atoms with van der Waals surface area (Å²) in [5.41, 5.74) is 10.7. The van der Waals surface area contributed by atoms with Gasteiger partial charge in [0.05, 0.1) is 28.3 Å². The summed E-state index contributed by atoms with van der Waals surface area (Å²) >= 11 is 0. The number of hydrogen-bond donors (Lipinski definition) is 0. The van der Waals surface area contributed by atoms with E-state index in [0.717, 1.165) is 83.5 Å². The van der Waals surface area contributed by atoms with Crippen molar-refractivity contribution in [2.75, 3.05) is 4.90 Å². The molecule has 0 bridgehead atoms. The molecule has 0 saturated heterocycles. The molecule has 0 aliphatic heterocycles. The molecule has 8 aromatic carbocycles. The first-order valence-electron chi connectivity index (χ1n) is 18.5. The molecule has 2 heterocycles. The predicted octanol–water partition coefficient (Wildman–Crippen LogP) is 13.5. The maximum absolute atomic E-state index is 5.70. The van der Waals surface area contributed by atoms with Crippen molar-refractivity contribution in [3.05, 3.63) is 206 Å². The summed E-state index contributed by atoms with van der Waals surface area (Å²) in [6.45, 7) is 0. The summed E-state index contributed by atoms with van der Waals surface area (Å²) in [4.78, 5) is 18.4. The lowest BCUT2D eigenvalue weighted by Crippen LogP contribution is -2.11. The molecular formula is C51H34N4. The highest BCUT2D eigenvalue weighted by Gasteiger charge is 2.24. The van der Waals surface area contributed by atoms with E-state index in [-0.39, 0.29) is 0 Å². The van der Waals surface area contributed by atoms with Gasteiger partial charge in [0.1, 0.15) is 0 Å². The zero-order valence-electron chi connectivity index (χ0n) is 29.9. The van der Waals surface area contributed by atoms with E-state index < -0.39 is 0 Å². The van der Waals surface area contributed by atoms with E-state index in [9.17, 15) is 0 Å². The van der Waals surface area contributed by atoms with Gasteiger partial charge in [-0.2, -0.15) is 0 Å². The van der Waals surface area contributed by atoms with Gasteiger partial charge < -0.3 is 4.90 Å². The summed E-state index contributed by atoms with van der Waals surface area (Å²) in [5, 5.41) is 5.61. The average Bonchev–Trinajstić information content (AvgIpc) is 3.27. The second-order valence-corrected chi connectivity index (χ2v) is 13.6. The minimum Gasteiger partial charge on any atom is -0.310 e. The molecule has 0 unspecified atom stereocenters. The average molecular weight is 703 g/mol. The van der Waals surface area contributed by atoms with Gasteiger partial charge >= 0.3 is 0 Å². The molecule has 0 spiro atoms. The van der Waals surface area contributed by atoms with Crippen LogP contribution in [0, 0.1) is 0 Å². The van der Waals surface area contributed by atoms with Gasteiger partial charge in [0.25, 0.3) is 0 Å². The third-order valence-corrected chi connectivity index (χ3v) is 10.2. The SMILES string of the molecule is c1ccc(-c2cc(-c3cccc4c3nc(-c3ccccc3)c3c(N(c5ccccc5)c5ccccc5)cc5ccccc5c34)nc(-c3ccccc3)n2)cc1. The van der Waals surface area contributed by atoms with E-state index in [4.69, 9.17) is 15.0 Å². The molecule has 0 amide bonds. The Labute approximate surface area is 319 Å². The fraction of sp³-hybridized carbons (Fsp3) is 0. The Morgan fingerprint density at radius 2 is 0.891 bits per heavy atom. The van der Waals surface area contributed by atoms with E-state index in [1.54, 1.807) is 0 Å². The van der Waals surface area contributed by atoms with E-state index in [1.165, 1.54) is 5.39 Å². The van der Waals surface area contributed by atoms with Gasteiger partial charge in [0.2, 0.25) is 0 Å². The van der Waals surface area contributed by atoms with Gasteiger partial charge in [-0.25, -0.2) is 15.0 Å². The molecule has 0 aliphatic carbocycles. The molecular weight excluding hydrogens is 669 g/mol. The van der Waals surface area contributed by atoms with Crippen LogP contribution in [0.25, 0.3) is 77.6 Å². The van der Waals surface area contributed by atoms with Gasteiger partial charge in [-0.3, -0.25) is 0 Å². The Balaban J connectivity index is 1.35. The number of pyridine rings is 1. The largest absolute Gasteiger partial charge is 0.310 e. The number of para-hydroxylation sites is 3. The van der Waals surface area contributed by atoms with Gasteiger partial charge in [-0.05, 0) is 47.2 Å². The molecule has 0 aliphatic rings. The number of benzene rings is 8. The quantitative estimate of drug-likeness (QED) is 0.155. The van der Waals surface area contributed by atoms with Crippen molar-refractivity contribution in [3.63, 3.8) is 0 Å². The van der Waals surface area contributed by atoms with Crippen LogP contribution in [-0.2, 0) is 0 Å². The van der Waals surface area contributed by atoms with Crippen LogP contribution >= 0.6 is 0 Å². The van der Waals surface area contributed by atoms with Gasteiger partial charge in [0, 0.05) is 49.8 Å². The number of anilines is 3. The molecule has 0 fully saturated rings. The normalized spacial score (nSPS) is 11.3. The third kappa shape index (κ3) is 5.87. The molecule has 0 saturated carbocycles. The fourth-order valence-electron chi connectivity index (χ4n) is 7.71. The summed E-state index contributed by atoms with van der Waals surface area (Å²) < 4.78 is 0. The Bertz CT molecular complexity index is 2850. The smallest absolute Gasteiger partial charge is 0.160 e. The van der Waals surface area contributed by atoms with Gasteiger partial charge in [-0.15, -0.1) is 0 Å². The first-order chi connectivity index (χ1) is 27.3. The highest BCUT2D eigenvalue weighted by molar-refractivity contribution is 6.28. The molecule has 10 aromatic rings. The van der Waals surface area contributed by atoms with Crippen LogP contribution in [0.15, 0.2) is 206 Å². The molecule has 0 atom stereocenters. The maximum Gasteiger partial charge on any atom is 0.160 e. The Kier molecular flexibility index (Phi) is 8.12. The first kappa shape index (κ1) is 32.2. The zero-order chi connectivity index (χ0) is 36.6. The molecule has 2 aromatic heterocycles. The Morgan fingerprint density at radius 3 is 1.55 bits per heavy atom. The van der Waals surface area contributed by atoms with Crippen molar-refractivity contribution in [1.29, 1.82) is 0 Å². The summed E-state index contributed by atoms with van der Waals surface area (Å²) in [6, 6.07) is 72.0. The molecule has 0 N–H and O–H groups in total. The second kappa shape index (κ2) is 13.8. The maximum atomic E-state index is 5.70. The minimum absolute atomic E-state index is 0.673. The number of fused-ring (bicyclic) bond motifs is 5.